The van der Waals surface area contributed by atoms with E-state index in [0.29, 0.717) is 0 Å². The van der Waals surface area contributed by atoms with E-state index in [2.05, 4.69) is 478 Å². The summed E-state index contributed by atoms with van der Waals surface area (Å²) in [4.78, 5) is 8.00. The molecule has 0 saturated heterocycles. The predicted molar refractivity (Wildman–Crippen MR) is 514 cm³/mol. The van der Waals surface area contributed by atoms with Crippen LogP contribution in [0, 0.1) is 0 Å². The van der Waals surface area contributed by atoms with Crippen LogP contribution in [0.5, 0.6) is 0 Å². The van der Waals surface area contributed by atoms with Crippen LogP contribution in [0.25, 0.3) is 94.3 Å². The summed E-state index contributed by atoms with van der Waals surface area (Å²) in [5, 5.41) is 2.48. The van der Waals surface area contributed by atoms with Crippen LogP contribution in [0.3, 0.4) is 0 Å². The van der Waals surface area contributed by atoms with Crippen molar-refractivity contribution in [2.75, 3.05) is 14.7 Å². The average Bonchev–Trinajstić information content (AvgIpc) is 1.14. The van der Waals surface area contributed by atoms with Gasteiger partial charge in [-0.15, -0.1) is 0 Å². The predicted octanol–water partition coefficient (Wildman–Crippen LogP) is 30.1. The van der Waals surface area contributed by atoms with Gasteiger partial charge in [0.15, 0.2) is 0 Å². The fraction of sp³-hybridized carbons (Fsp3) is 0.211. The molecule has 0 fully saturated rings. The van der Waals surface area contributed by atoms with E-state index in [9.17, 15) is 0 Å². The normalized spacial score (nSPS) is 13.1. The Labute approximate surface area is 707 Å². The molecule has 0 aliphatic carbocycles. The van der Waals surface area contributed by atoms with E-state index in [1.165, 1.54) is 88.3 Å². The SMILES string of the molecule is CC(C)(C)c1cc(-c2ccc3c(c2)N(c2c(-c4ccccc4)cc(C(C)(C)C)cc2-c2ccccc2)c2cc(-c4cc(C(C)(C)C)cc(C(C)(C)C)c4)cc4c2B3c2ccc(N(c3ccccc3)c3ccc(-n5c6ccccc6c6ccccc65)cc3)cc2N4c2c(-c3ccccc3)cc(C(C)(C)C)cc2-c2ccccc2)cc(C(C)(C)C)c1. The number of benzene rings is 15. The first kappa shape index (κ1) is 77.8. The molecule has 15 aromatic carbocycles. The minimum atomic E-state index is -0.300. The molecular weight excluding hydrogens is 1440 g/mol. The molecule has 0 bridgehead atoms. The van der Waals surface area contributed by atoms with E-state index < -0.39 is 0 Å². The van der Waals surface area contributed by atoms with E-state index in [0.717, 1.165) is 107 Å². The lowest BCUT2D eigenvalue weighted by atomic mass is 9.33. The monoisotopic (exact) mass is 1540 g/mol. The molecule has 0 N–H and O–H groups in total. The largest absolute Gasteiger partial charge is 0.310 e. The molecule has 0 atom stereocenters. The summed E-state index contributed by atoms with van der Waals surface area (Å²) in [7, 11) is 0. The van der Waals surface area contributed by atoms with E-state index in [1.807, 2.05) is 0 Å². The second-order valence-electron chi connectivity index (χ2n) is 39.5. The molecule has 588 valence electrons. The van der Waals surface area contributed by atoms with Gasteiger partial charge in [-0.05, 0) is 230 Å². The number of anilines is 9. The summed E-state index contributed by atoms with van der Waals surface area (Å²) in [6, 6.07) is 128. The first-order valence-corrected chi connectivity index (χ1v) is 42.7. The topological polar surface area (TPSA) is 14.7 Å². The van der Waals surface area contributed by atoms with Gasteiger partial charge in [0.05, 0.1) is 22.4 Å². The van der Waals surface area contributed by atoms with Gasteiger partial charge in [0, 0.05) is 78.5 Å². The van der Waals surface area contributed by atoms with Crippen molar-refractivity contribution in [3.63, 3.8) is 0 Å². The molecule has 1 aromatic heterocycles. The summed E-state index contributed by atoms with van der Waals surface area (Å²) in [5.41, 5.74) is 37.5. The van der Waals surface area contributed by atoms with Crippen LogP contribution in [0.1, 0.15) is 158 Å². The maximum atomic E-state index is 2.77. The molecule has 119 heavy (non-hydrogen) atoms. The lowest BCUT2D eigenvalue weighted by molar-refractivity contribution is 0.568. The summed E-state index contributed by atoms with van der Waals surface area (Å²) >= 11 is 0. The highest BCUT2D eigenvalue weighted by Crippen LogP contribution is 2.57. The zero-order chi connectivity index (χ0) is 83.0. The average molecular weight is 1550 g/mol. The Hall–Kier alpha value is -12.4. The number of rotatable bonds is 12. The number of fused-ring (bicyclic) bond motifs is 7. The molecule has 0 radical (unpaired) electrons. The molecule has 4 nitrogen and oxygen atoms in total. The molecule has 5 heteroatoms. The molecule has 0 spiro atoms. The Morgan fingerprint density at radius 3 is 0.899 bits per heavy atom. The maximum Gasteiger partial charge on any atom is 0.252 e. The van der Waals surface area contributed by atoms with Crippen LogP contribution >= 0.6 is 0 Å². The van der Waals surface area contributed by atoms with Crippen LogP contribution < -0.4 is 31.1 Å². The number of nitrogens with zero attached hydrogens (tertiary/aromatic N) is 4. The first-order chi connectivity index (χ1) is 56.8. The van der Waals surface area contributed by atoms with Gasteiger partial charge >= 0.3 is 0 Å². The van der Waals surface area contributed by atoms with E-state index in [4.69, 9.17) is 0 Å². The number of hydrogen-bond acceptors (Lipinski definition) is 3. The quantitative estimate of drug-likeness (QED) is 0.113. The molecule has 16 aromatic rings. The van der Waals surface area contributed by atoms with Crippen molar-refractivity contribution in [1.29, 1.82) is 0 Å². The van der Waals surface area contributed by atoms with Gasteiger partial charge in [0.25, 0.3) is 6.71 Å². The van der Waals surface area contributed by atoms with Crippen LogP contribution in [0.4, 0.5) is 51.2 Å². The third-order valence-electron chi connectivity index (χ3n) is 25.0. The molecule has 0 saturated carbocycles. The Bertz CT molecular complexity index is 6330. The first-order valence-electron chi connectivity index (χ1n) is 42.7. The Morgan fingerprint density at radius 2 is 0.521 bits per heavy atom. The Morgan fingerprint density at radius 1 is 0.227 bits per heavy atom. The summed E-state index contributed by atoms with van der Waals surface area (Å²) in [5.74, 6) is 0. The highest BCUT2D eigenvalue weighted by atomic mass is 15.2. The van der Waals surface area contributed by atoms with Crippen molar-refractivity contribution >= 4 is 96.1 Å². The molecule has 0 amide bonds. The summed E-state index contributed by atoms with van der Waals surface area (Å²) in [6.45, 7) is 42.3. The molecule has 2 aliphatic rings. The van der Waals surface area contributed by atoms with Gasteiger partial charge in [-0.25, -0.2) is 0 Å². The fourth-order valence-corrected chi connectivity index (χ4v) is 18.2. The van der Waals surface area contributed by atoms with Crippen molar-refractivity contribution in [3.05, 3.63) is 367 Å². The van der Waals surface area contributed by atoms with Crippen molar-refractivity contribution in [2.45, 2.75) is 157 Å². The van der Waals surface area contributed by atoms with Gasteiger partial charge in [0.2, 0.25) is 0 Å². The van der Waals surface area contributed by atoms with Crippen molar-refractivity contribution in [3.8, 4) is 72.4 Å². The highest BCUT2D eigenvalue weighted by Gasteiger charge is 2.47. The standard InChI is InChI=1S/C114H109BN4/c1-109(2,3)82-60-79(61-83(67-82)110(4,5)6)78-52-58-98-102(64-78)118(107-94(74-38-24-19-25-39-74)69-86(113(13,14)15)70-95(107)75-40-26-20-27-41-75)104-65-81(80-62-84(111(7,8)9)68-85(63-80)112(10,11)12)66-105-106(104)115(98)99-59-57-91(73-103(99)119(105)108-96(76-42-28-21-29-43-76)71-87(114(16,17)18)72-97(108)77-44-30-22-31-45-77)116(88-46-32-23-33-47-88)89-53-55-90(56-54-89)117-100-50-36-34-48-92(100)93-49-35-37-51-101(93)117/h19-73H,1-18H3. The number of hydrogen-bond donors (Lipinski definition) is 0. The number of aromatic nitrogens is 1. The smallest absolute Gasteiger partial charge is 0.252 e. The minimum Gasteiger partial charge on any atom is -0.310 e. The molecule has 0 unspecified atom stereocenters. The summed E-state index contributed by atoms with van der Waals surface area (Å²) in [6.07, 6.45) is 0. The molecule has 2 aliphatic heterocycles. The van der Waals surface area contributed by atoms with Crippen LogP contribution in [-0.2, 0) is 32.5 Å². The maximum absolute atomic E-state index is 2.77. The molecular formula is C114H109BN4. The van der Waals surface area contributed by atoms with Gasteiger partial charge in [-0.1, -0.05) is 355 Å². The Kier molecular flexibility index (Phi) is 19.1. The Balaban J connectivity index is 1.03. The zero-order valence-electron chi connectivity index (χ0n) is 72.6. The van der Waals surface area contributed by atoms with Gasteiger partial charge < -0.3 is 19.3 Å². The second-order valence-corrected chi connectivity index (χ2v) is 39.5. The lowest BCUT2D eigenvalue weighted by Gasteiger charge is -2.46. The molecule has 18 rings (SSSR count). The van der Waals surface area contributed by atoms with Crippen LogP contribution in [0.2, 0.25) is 0 Å². The molecule has 3 heterocycles. The lowest BCUT2D eigenvalue weighted by Crippen LogP contribution is -2.61. The summed E-state index contributed by atoms with van der Waals surface area (Å²) < 4.78 is 2.42. The van der Waals surface area contributed by atoms with E-state index in [-0.39, 0.29) is 39.2 Å². The third kappa shape index (κ3) is 14.3. The fourth-order valence-electron chi connectivity index (χ4n) is 18.2. The van der Waals surface area contributed by atoms with Gasteiger partial charge in [-0.3, -0.25) is 0 Å². The van der Waals surface area contributed by atoms with Crippen LogP contribution in [0.15, 0.2) is 334 Å². The van der Waals surface area contributed by atoms with Crippen molar-refractivity contribution < 1.29 is 0 Å². The van der Waals surface area contributed by atoms with Gasteiger partial charge in [-0.2, -0.15) is 0 Å². The van der Waals surface area contributed by atoms with Crippen molar-refractivity contribution in [1.82, 2.24) is 4.57 Å². The van der Waals surface area contributed by atoms with E-state index >= 15 is 0 Å². The van der Waals surface area contributed by atoms with E-state index in [1.54, 1.807) is 0 Å². The van der Waals surface area contributed by atoms with Gasteiger partial charge in [0.1, 0.15) is 0 Å². The minimum absolute atomic E-state index is 0.125. The second kappa shape index (κ2) is 29.3. The number of para-hydroxylation sites is 3. The van der Waals surface area contributed by atoms with Crippen LogP contribution in [-0.4, -0.2) is 11.3 Å². The van der Waals surface area contributed by atoms with Crippen molar-refractivity contribution in [2.24, 2.45) is 0 Å². The highest BCUT2D eigenvalue weighted by molar-refractivity contribution is 7.00. The zero-order valence-corrected chi connectivity index (χ0v) is 72.6. The third-order valence-corrected chi connectivity index (χ3v) is 25.0.